The van der Waals surface area contributed by atoms with Crippen LogP contribution in [0.25, 0.3) is 0 Å². The third-order valence-corrected chi connectivity index (χ3v) is 3.96. The summed E-state index contributed by atoms with van der Waals surface area (Å²) in [7, 11) is 0. The standard InChI is InChI=1S/C14H16ClNS/c1-2-12-7-8-17-14(12)10-16-9-11-3-5-13(15)6-4-11/h3-8,16H,2,9-10H2,1H3. The van der Waals surface area contributed by atoms with E-state index in [0.29, 0.717) is 0 Å². The Labute approximate surface area is 111 Å². The van der Waals surface area contributed by atoms with Gasteiger partial charge in [-0.1, -0.05) is 30.7 Å². The Morgan fingerprint density at radius 2 is 1.88 bits per heavy atom. The summed E-state index contributed by atoms with van der Waals surface area (Å²) in [5.41, 5.74) is 2.72. The smallest absolute Gasteiger partial charge is 0.0406 e. The zero-order valence-corrected chi connectivity index (χ0v) is 11.4. The molecule has 0 aliphatic rings. The monoisotopic (exact) mass is 265 g/mol. The van der Waals surface area contributed by atoms with Crippen molar-refractivity contribution in [1.82, 2.24) is 5.32 Å². The van der Waals surface area contributed by atoms with Crippen LogP contribution in [-0.4, -0.2) is 0 Å². The summed E-state index contributed by atoms with van der Waals surface area (Å²) in [5.74, 6) is 0. The molecule has 3 heteroatoms. The highest BCUT2D eigenvalue weighted by atomic mass is 35.5. The molecule has 1 aromatic carbocycles. The molecule has 0 spiro atoms. The van der Waals surface area contributed by atoms with Crippen LogP contribution in [-0.2, 0) is 19.5 Å². The van der Waals surface area contributed by atoms with Crippen molar-refractivity contribution >= 4 is 22.9 Å². The number of thiophene rings is 1. The molecule has 1 aromatic heterocycles. The van der Waals surface area contributed by atoms with Gasteiger partial charge in [-0.25, -0.2) is 0 Å². The van der Waals surface area contributed by atoms with E-state index in [1.807, 2.05) is 23.5 Å². The minimum atomic E-state index is 0.792. The summed E-state index contributed by atoms with van der Waals surface area (Å²) in [5, 5.41) is 6.42. The van der Waals surface area contributed by atoms with Crippen LogP contribution in [0.4, 0.5) is 0 Å². The average Bonchev–Trinajstić information content (AvgIpc) is 2.79. The van der Waals surface area contributed by atoms with Crippen LogP contribution in [0.15, 0.2) is 35.7 Å². The van der Waals surface area contributed by atoms with Crippen molar-refractivity contribution in [3.05, 3.63) is 56.7 Å². The van der Waals surface area contributed by atoms with E-state index >= 15 is 0 Å². The molecule has 0 saturated heterocycles. The second kappa shape index (κ2) is 6.20. The lowest BCUT2D eigenvalue weighted by Gasteiger charge is -2.05. The maximum Gasteiger partial charge on any atom is 0.0406 e. The van der Waals surface area contributed by atoms with Crippen LogP contribution in [0.1, 0.15) is 22.9 Å². The molecule has 0 radical (unpaired) electrons. The van der Waals surface area contributed by atoms with Gasteiger partial charge < -0.3 is 5.32 Å². The van der Waals surface area contributed by atoms with Crippen LogP contribution in [0, 0.1) is 0 Å². The zero-order chi connectivity index (χ0) is 12.1. The molecule has 1 nitrogen and oxygen atoms in total. The minimum Gasteiger partial charge on any atom is -0.308 e. The van der Waals surface area contributed by atoms with Gasteiger partial charge in [-0.2, -0.15) is 0 Å². The first-order chi connectivity index (χ1) is 8.29. The van der Waals surface area contributed by atoms with Crippen molar-refractivity contribution in [3.8, 4) is 0 Å². The molecule has 2 aromatic rings. The van der Waals surface area contributed by atoms with E-state index in [1.54, 1.807) is 0 Å². The first-order valence-corrected chi connectivity index (χ1v) is 7.05. The molecule has 0 aliphatic carbocycles. The lowest BCUT2D eigenvalue weighted by atomic mass is 10.2. The topological polar surface area (TPSA) is 12.0 Å². The highest BCUT2D eigenvalue weighted by Gasteiger charge is 2.01. The molecule has 1 N–H and O–H groups in total. The van der Waals surface area contributed by atoms with Gasteiger partial charge in [0.2, 0.25) is 0 Å². The Balaban J connectivity index is 1.85. The van der Waals surface area contributed by atoms with Gasteiger partial charge in [0.15, 0.2) is 0 Å². The summed E-state index contributed by atoms with van der Waals surface area (Å²) in [6.45, 7) is 4.03. The first-order valence-electron chi connectivity index (χ1n) is 5.80. The van der Waals surface area contributed by atoms with Gasteiger partial charge in [-0.05, 0) is 41.1 Å². The second-order valence-corrected chi connectivity index (χ2v) is 5.39. The molecule has 17 heavy (non-hydrogen) atoms. The summed E-state index contributed by atoms with van der Waals surface area (Å²) in [6.07, 6.45) is 1.11. The molecule has 0 aliphatic heterocycles. The van der Waals surface area contributed by atoms with Gasteiger partial charge >= 0.3 is 0 Å². The summed E-state index contributed by atoms with van der Waals surface area (Å²) in [4.78, 5) is 1.45. The largest absolute Gasteiger partial charge is 0.308 e. The molecular formula is C14H16ClNS. The van der Waals surface area contributed by atoms with E-state index in [2.05, 4.69) is 35.8 Å². The Kier molecular flexibility index (Phi) is 4.60. The van der Waals surface area contributed by atoms with E-state index < -0.39 is 0 Å². The van der Waals surface area contributed by atoms with Crippen LogP contribution in [0.5, 0.6) is 0 Å². The zero-order valence-electron chi connectivity index (χ0n) is 9.87. The van der Waals surface area contributed by atoms with Gasteiger partial charge in [-0.3, -0.25) is 0 Å². The number of aryl methyl sites for hydroxylation is 1. The third-order valence-electron chi connectivity index (χ3n) is 2.75. The van der Waals surface area contributed by atoms with Crippen LogP contribution in [0.2, 0.25) is 5.02 Å². The molecule has 0 saturated carbocycles. The Bertz CT molecular complexity index is 461. The maximum atomic E-state index is 5.85. The normalized spacial score (nSPS) is 10.7. The molecule has 0 unspecified atom stereocenters. The van der Waals surface area contributed by atoms with E-state index in [1.165, 1.54) is 16.0 Å². The number of nitrogens with one attached hydrogen (secondary N) is 1. The quantitative estimate of drug-likeness (QED) is 0.852. The maximum absolute atomic E-state index is 5.85. The lowest BCUT2D eigenvalue weighted by molar-refractivity contribution is 0.697. The number of hydrogen-bond acceptors (Lipinski definition) is 2. The Morgan fingerprint density at radius 3 is 2.59 bits per heavy atom. The highest BCUT2D eigenvalue weighted by Crippen LogP contribution is 2.17. The molecule has 0 atom stereocenters. The molecule has 90 valence electrons. The van der Waals surface area contributed by atoms with Gasteiger partial charge in [0.25, 0.3) is 0 Å². The second-order valence-electron chi connectivity index (χ2n) is 3.95. The molecule has 0 fully saturated rings. The number of benzene rings is 1. The average molecular weight is 266 g/mol. The van der Waals surface area contributed by atoms with Crippen molar-refractivity contribution in [3.63, 3.8) is 0 Å². The molecular weight excluding hydrogens is 250 g/mol. The predicted molar refractivity (Wildman–Crippen MR) is 75.7 cm³/mol. The molecule has 0 amide bonds. The van der Waals surface area contributed by atoms with Crippen molar-refractivity contribution in [1.29, 1.82) is 0 Å². The summed E-state index contributed by atoms with van der Waals surface area (Å²) in [6, 6.07) is 10.2. The minimum absolute atomic E-state index is 0.792. The predicted octanol–water partition coefficient (Wildman–Crippen LogP) is 4.25. The molecule has 0 bridgehead atoms. The van der Waals surface area contributed by atoms with E-state index in [9.17, 15) is 0 Å². The van der Waals surface area contributed by atoms with E-state index in [0.717, 1.165) is 24.5 Å². The summed E-state index contributed by atoms with van der Waals surface area (Å²) >= 11 is 7.68. The first kappa shape index (κ1) is 12.6. The fourth-order valence-electron chi connectivity index (χ4n) is 1.76. The lowest BCUT2D eigenvalue weighted by Crippen LogP contribution is -2.12. The number of hydrogen-bond donors (Lipinski definition) is 1. The van der Waals surface area contributed by atoms with Gasteiger partial charge in [-0.15, -0.1) is 11.3 Å². The van der Waals surface area contributed by atoms with Crippen LogP contribution in [0.3, 0.4) is 0 Å². The highest BCUT2D eigenvalue weighted by molar-refractivity contribution is 7.10. The van der Waals surface area contributed by atoms with Crippen molar-refractivity contribution in [2.75, 3.05) is 0 Å². The fraction of sp³-hybridized carbons (Fsp3) is 0.286. The fourth-order valence-corrected chi connectivity index (χ4v) is 2.83. The molecule has 1 heterocycles. The molecule has 2 rings (SSSR count). The van der Waals surface area contributed by atoms with E-state index in [4.69, 9.17) is 11.6 Å². The Morgan fingerprint density at radius 1 is 1.12 bits per heavy atom. The summed E-state index contributed by atoms with van der Waals surface area (Å²) < 4.78 is 0. The third kappa shape index (κ3) is 3.56. The SMILES string of the molecule is CCc1ccsc1CNCc1ccc(Cl)cc1. The number of halogens is 1. The van der Waals surface area contributed by atoms with Crippen molar-refractivity contribution in [2.45, 2.75) is 26.4 Å². The van der Waals surface area contributed by atoms with Crippen molar-refractivity contribution < 1.29 is 0 Å². The van der Waals surface area contributed by atoms with Crippen LogP contribution < -0.4 is 5.32 Å². The Hall–Kier alpha value is -0.830. The van der Waals surface area contributed by atoms with Gasteiger partial charge in [0, 0.05) is 23.0 Å². The van der Waals surface area contributed by atoms with Gasteiger partial charge in [0.1, 0.15) is 0 Å². The van der Waals surface area contributed by atoms with Crippen molar-refractivity contribution in [2.24, 2.45) is 0 Å². The van der Waals surface area contributed by atoms with Crippen LogP contribution >= 0.6 is 22.9 Å². The van der Waals surface area contributed by atoms with E-state index in [-0.39, 0.29) is 0 Å². The number of rotatable bonds is 5. The van der Waals surface area contributed by atoms with Gasteiger partial charge in [0.05, 0.1) is 0 Å².